The molecule has 1 N–H and O–H groups in total. The highest BCUT2D eigenvalue weighted by atomic mass is 35.5. The number of halogens is 2. The minimum atomic E-state index is -0.700. The van der Waals surface area contributed by atoms with E-state index in [-0.39, 0.29) is 15.6 Å². The van der Waals surface area contributed by atoms with Crippen molar-refractivity contribution in [3.63, 3.8) is 0 Å². The Bertz CT molecular complexity index is 866. The third-order valence-corrected chi connectivity index (χ3v) is 5.66. The first-order chi connectivity index (χ1) is 14.0. The maximum atomic E-state index is 12.1. The molecular formula is C21H23Cl2N3O3. The summed E-state index contributed by atoms with van der Waals surface area (Å²) in [5.74, 6) is -1.13. The van der Waals surface area contributed by atoms with Gasteiger partial charge in [0.05, 0.1) is 15.6 Å². The molecule has 0 aliphatic carbocycles. The van der Waals surface area contributed by atoms with Gasteiger partial charge in [-0.1, -0.05) is 36.2 Å². The number of carbonyl (C=O) groups excluding carboxylic acids is 2. The highest BCUT2D eigenvalue weighted by Crippen LogP contribution is 2.26. The van der Waals surface area contributed by atoms with Crippen LogP contribution in [0.5, 0.6) is 0 Å². The number of anilines is 2. The highest BCUT2D eigenvalue weighted by molar-refractivity contribution is 6.43. The van der Waals surface area contributed by atoms with Gasteiger partial charge in [0.15, 0.2) is 6.61 Å². The molecule has 0 saturated carbocycles. The first kappa shape index (κ1) is 21.4. The van der Waals surface area contributed by atoms with Crippen LogP contribution >= 0.6 is 23.2 Å². The van der Waals surface area contributed by atoms with Crippen molar-refractivity contribution in [2.75, 3.05) is 49.5 Å². The fourth-order valence-electron chi connectivity index (χ4n) is 3.15. The molecule has 0 aromatic heterocycles. The number of benzene rings is 2. The third kappa shape index (κ3) is 5.63. The quantitative estimate of drug-likeness (QED) is 0.696. The molecule has 3 rings (SSSR count). The lowest BCUT2D eigenvalue weighted by atomic mass is 10.2. The van der Waals surface area contributed by atoms with Gasteiger partial charge >= 0.3 is 5.97 Å². The predicted octanol–water partition coefficient (Wildman–Crippen LogP) is 3.93. The van der Waals surface area contributed by atoms with Gasteiger partial charge in [0.25, 0.3) is 5.91 Å². The maximum Gasteiger partial charge on any atom is 0.340 e. The molecule has 1 heterocycles. The molecule has 0 radical (unpaired) electrons. The van der Waals surface area contributed by atoms with Crippen LogP contribution in [0.1, 0.15) is 17.3 Å². The number of esters is 1. The summed E-state index contributed by atoms with van der Waals surface area (Å²) in [6, 6.07) is 12.3. The molecule has 1 amide bonds. The molecule has 0 bridgehead atoms. The SMILES string of the molecule is CCN1CCN(c2ccc(NC(=O)COC(=O)c3cccc(Cl)c3Cl)cc2)CC1. The van der Waals surface area contributed by atoms with Crippen LogP contribution in [0.2, 0.25) is 10.0 Å². The van der Waals surface area contributed by atoms with Crippen LogP contribution < -0.4 is 10.2 Å². The number of carbonyl (C=O) groups is 2. The fourth-order valence-corrected chi connectivity index (χ4v) is 3.52. The largest absolute Gasteiger partial charge is 0.452 e. The Morgan fingerprint density at radius 2 is 1.72 bits per heavy atom. The summed E-state index contributed by atoms with van der Waals surface area (Å²) in [7, 11) is 0. The Balaban J connectivity index is 1.49. The molecular weight excluding hydrogens is 413 g/mol. The van der Waals surface area contributed by atoms with Crippen LogP contribution in [0.25, 0.3) is 0 Å². The molecule has 154 valence electrons. The molecule has 1 saturated heterocycles. The number of hydrogen-bond acceptors (Lipinski definition) is 5. The van der Waals surface area contributed by atoms with Crippen molar-refractivity contribution in [1.82, 2.24) is 4.90 Å². The number of hydrogen-bond donors (Lipinski definition) is 1. The number of piperazine rings is 1. The summed E-state index contributed by atoms with van der Waals surface area (Å²) >= 11 is 11.9. The Labute approximate surface area is 180 Å². The van der Waals surface area contributed by atoms with Crippen molar-refractivity contribution in [3.05, 3.63) is 58.1 Å². The van der Waals surface area contributed by atoms with Gasteiger partial charge < -0.3 is 19.9 Å². The van der Waals surface area contributed by atoms with E-state index in [0.29, 0.717) is 5.69 Å². The zero-order valence-electron chi connectivity index (χ0n) is 16.2. The molecule has 0 unspecified atom stereocenters. The molecule has 29 heavy (non-hydrogen) atoms. The lowest BCUT2D eigenvalue weighted by molar-refractivity contribution is -0.119. The normalized spacial score (nSPS) is 14.5. The van der Waals surface area contributed by atoms with Gasteiger partial charge in [-0.25, -0.2) is 4.79 Å². The van der Waals surface area contributed by atoms with E-state index in [2.05, 4.69) is 22.0 Å². The van der Waals surface area contributed by atoms with Crippen molar-refractivity contribution in [3.8, 4) is 0 Å². The summed E-state index contributed by atoms with van der Waals surface area (Å²) in [5.41, 5.74) is 1.89. The van der Waals surface area contributed by atoms with Gasteiger partial charge in [-0.2, -0.15) is 0 Å². The summed E-state index contributed by atoms with van der Waals surface area (Å²) < 4.78 is 5.03. The van der Waals surface area contributed by atoms with Gasteiger partial charge in [-0.15, -0.1) is 0 Å². The Hall–Kier alpha value is -2.28. The van der Waals surface area contributed by atoms with Crippen molar-refractivity contribution in [2.24, 2.45) is 0 Å². The molecule has 0 spiro atoms. The topological polar surface area (TPSA) is 61.9 Å². The van der Waals surface area contributed by atoms with E-state index in [1.807, 2.05) is 24.3 Å². The predicted molar refractivity (Wildman–Crippen MR) is 116 cm³/mol. The van der Waals surface area contributed by atoms with Crippen LogP contribution in [0, 0.1) is 0 Å². The first-order valence-corrected chi connectivity index (χ1v) is 10.2. The van der Waals surface area contributed by atoms with Crippen LogP contribution in [0.4, 0.5) is 11.4 Å². The van der Waals surface area contributed by atoms with E-state index >= 15 is 0 Å². The van der Waals surface area contributed by atoms with Crippen molar-refractivity contribution < 1.29 is 14.3 Å². The van der Waals surface area contributed by atoms with Crippen molar-refractivity contribution in [2.45, 2.75) is 6.92 Å². The number of rotatable bonds is 6. The van der Waals surface area contributed by atoms with E-state index in [1.165, 1.54) is 6.07 Å². The van der Waals surface area contributed by atoms with Crippen LogP contribution in [-0.4, -0.2) is 56.1 Å². The van der Waals surface area contributed by atoms with E-state index < -0.39 is 18.5 Å². The second-order valence-electron chi connectivity index (χ2n) is 6.69. The monoisotopic (exact) mass is 435 g/mol. The average Bonchev–Trinajstić information content (AvgIpc) is 2.74. The molecule has 1 aliphatic heterocycles. The molecule has 6 nitrogen and oxygen atoms in total. The minimum Gasteiger partial charge on any atom is -0.452 e. The van der Waals surface area contributed by atoms with Gasteiger partial charge in [0.2, 0.25) is 0 Å². The van der Waals surface area contributed by atoms with Crippen molar-refractivity contribution >= 4 is 46.5 Å². The number of nitrogens with zero attached hydrogens (tertiary/aromatic N) is 2. The van der Waals surface area contributed by atoms with E-state index in [1.54, 1.807) is 12.1 Å². The molecule has 1 fully saturated rings. The van der Waals surface area contributed by atoms with Gasteiger partial charge in [-0.3, -0.25) is 4.79 Å². The summed E-state index contributed by atoms with van der Waals surface area (Å²) in [5, 5.41) is 3.08. The third-order valence-electron chi connectivity index (χ3n) is 4.84. The Kier molecular flexibility index (Phi) is 7.36. The lowest BCUT2D eigenvalue weighted by Gasteiger charge is -2.35. The van der Waals surface area contributed by atoms with E-state index in [0.717, 1.165) is 38.4 Å². The smallest absolute Gasteiger partial charge is 0.340 e. The average molecular weight is 436 g/mol. The lowest BCUT2D eigenvalue weighted by Crippen LogP contribution is -2.46. The second-order valence-corrected chi connectivity index (χ2v) is 7.48. The van der Waals surface area contributed by atoms with Crippen LogP contribution in [0.15, 0.2) is 42.5 Å². The number of nitrogens with one attached hydrogen (secondary N) is 1. The zero-order valence-corrected chi connectivity index (χ0v) is 17.7. The number of likely N-dealkylation sites (N-methyl/N-ethyl adjacent to an activating group) is 1. The number of ether oxygens (including phenoxy) is 1. The molecule has 1 aliphatic rings. The van der Waals surface area contributed by atoms with Crippen LogP contribution in [-0.2, 0) is 9.53 Å². The summed E-state index contributed by atoms with van der Waals surface area (Å²) in [4.78, 5) is 28.9. The highest BCUT2D eigenvalue weighted by Gasteiger charge is 2.17. The molecule has 2 aromatic rings. The van der Waals surface area contributed by atoms with Gasteiger partial charge in [0.1, 0.15) is 0 Å². The van der Waals surface area contributed by atoms with E-state index in [9.17, 15) is 9.59 Å². The van der Waals surface area contributed by atoms with E-state index in [4.69, 9.17) is 27.9 Å². The first-order valence-electron chi connectivity index (χ1n) is 9.46. The van der Waals surface area contributed by atoms with Gasteiger partial charge in [0, 0.05) is 37.6 Å². The number of amides is 1. The Morgan fingerprint density at radius 3 is 2.38 bits per heavy atom. The van der Waals surface area contributed by atoms with Crippen molar-refractivity contribution in [1.29, 1.82) is 0 Å². The zero-order chi connectivity index (χ0) is 20.8. The minimum absolute atomic E-state index is 0.106. The second kappa shape index (κ2) is 9.96. The van der Waals surface area contributed by atoms with Gasteiger partial charge in [-0.05, 0) is 42.9 Å². The maximum absolute atomic E-state index is 12.1. The molecule has 0 atom stereocenters. The Morgan fingerprint density at radius 1 is 1.03 bits per heavy atom. The molecule has 8 heteroatoms. The fraction of sp³-hybridized carbons (Fsp3) is 0.333. The standard InChI is InChI=1S/C21H23Cl2N3O3/c1-2-25-10-12-26(13-11-25)16-8-6-15(7-9-16)24-19(27)14-29-21(28)17-4-3-5-18(22)20(17)23/h3-9H,2,10-14H2,1H3,(H,24,27). The summed E-state index contributed by atoms with van der Waals surface area (Å²) in [6.07, 6.45) is 0. The molecule has 2 aromatic carbocycles. The summed E-state index contributed by atoms with van der Waals surface area (Å²) in [6.45, 7) is 6.92. The van der Waals surface area contributed by atoms with Crippen LogP contribution in [0.3, 0.4) is 0 Å².